The highest BCUT2D eigenvalue weighted by Gasteiger charge is 2.23. The van der Waals surface area contributed by atoms with E-state index in [9.17, 15) is 5.11 Å². The minimum absolute atomic E-state index is 0.576. The minimum Gasteiger partial charge on any atom is -0.399 e. The average Bonchev–Trinajstić information content (AvgIpc) is 3.14. The van der Waals surface area contributed by atoms with Gasteiger partial charge in [-0.3, -0.25) is 0 Å². The maximum Gasteiger partial charge on any atom is 0.103 e. The third-order valence-corrected chi connectivity index (χ3v) is 5.14. The second-order valence-electron chi connectivity index (χ2n) is 7.54. The van der Waals surface area contributed by atoms with Crippen LogP contribution >= 0.6 is 11.6 Å². The highest BCUT2D eigenvalue weighted by molar-refractivity contribution is 6.32. The lowest BCUT2D eigenvalue weighted by Gasteiger charge is -2.13. The molecule has 0 saturated carbocycles. The van der Waals surface area contributed by atoms with Gasteiger partial charge in [0.15, 0.2) is 0 Å². The molecule has 0 aliphatic carbocycles. The molecular weight excluding hydrogens is 382 g/mol. The summed E-state index contributed by atoms with van der Waals surface area (Å²) in [5.41, 5.74) is 10.9. The molecule has 4 rings (SSSR count). The normalized spacial score (nSPS) is 11.6. The number of halogens is 1. The van der Waals surface area contributed by atoms with Gasteiger partial charge in [0.1, 0.15) is 5.60 Å². The third kappa shape index (κ3) is 3.90. The Hall–Kier alpha value is -3.08. The van der Waals surface area contributed by atoms with Crippen LogP contribution in [-0.4, -0.2) is 14.9 Å². The van der Waals surface area contributed by atoms with Crippen LogP contribution in [0.3, 0.4) is 0 Å². The number of hydrogen-bond donors (Lipinski definition) is 2. The van der Waals surface area contributed by atoms with E-state index in [1.54, 1.807) is 18.5 Å². The van der Waals surface area contributed by atoms with Crippen molar-refractivity contribution in [3.63, 3.8) is 0 Å². The number of rotatable bonds is 4. The van der Waals surface area contributed by atoms with Crippen molar-refractivity contribution in [2.75, 3.05) is 5.73 Å². The summed E-state index contributed by atoms with van der Waals surface area (Å²) in [7, 11) is 0. The van der Waals surface area contributed by atoms with Gasteiger partial charge in [-0.2, -0.15) is 5.10 Å². The molecule has 0 radical (unpaired) electrons. The van der Waals surface area contributed by atoms with E-state index in [-0.39, 0.29) is 0 Å². The second kappa shape index (κ2) is 7.39. The number of aliphatic hydroxyl groups is 1. The molecule has 4 nitrogen and oxygen atoms in total. The fourth-order valence-corrected chi connectivity index (χ4v) is 3.46. The fraction of sp³-hybridized carbons (Fsp3) is 0.125. The summed E-state index contributed by atoms with van der Waals surface area (Å²) in [5, 5.41) is 15.7. The molecule has 3 aromatic carbocycles. The van der Waals surface area contributed by atoms with Crippen molar-refractivity contribution in [3.8, 4) is 28.1 Å². The lowest BCUT2D eigenvalue weighted by atomic mass is 10.0. The summed E-state index contributed by atoms with van der Waals surface area (Å²) < 4.78 is 1.78. The Balaban J connectivity index is 1.82. The Morgan fingerprint density at radius 2 is 1.55 bits per heavy atom. The highest BCUT2D eigenvalue weighted by atomic mass is 35.5. The molecule has 5 heteroatoms. The van der Waals surface area contributed by atoms with E-state index in [2.05, 4.69) is 17.2 Å². The molecule has 0 aliphatic heterocycles. The molecule has 1 heterocycles. The van der Waals surface area contributed by atoms with E-state index >= 15 is 0 Å². The lowest BCUT2D eigenvalue weighted by Crippen LogP contribution is -2.16. The van der Waals surface area contributed by atoms with Crippen LogP contribution in [0.2, 0.25) is 5.02 Å². The average molecular weight is 404 g/mol. The molecule has 0 aliphatic rings. The van der Waals surface area contributed by atoms with Gasteiger partial charge >= 0.3 is 0 Å². The minimum atomic E-state index is -1.07. The summed E-state index contributed by atoms with van der Waals surface area (Å²) in [6.45, 7) is 3.44. The van der Waals surface area contributed by atoms with Crippen LogP contribution in [0.4, 0.5) is 5.69 Å². The SMILES string of the molecule is CC(C)(O)c1cc(-c2ccc(-c3cccc(N)c3)cc2)n(-c2ccccc2Cl)n1. The van der Waals surface area contributed by atoms with Gasteiger partial charge in [-0.25, -0.2) is 4.68 Å². The quantitative estimate of drug-likeness (QED) is 0.431. The largest absolute Gasteiger partial charge is 0.399 e. The van der Waals surface area contributed by atoms with Gasteiger partial charge in [0.05, 0.1) is 22.1 Å². The van der Waals surface area contributed by atoms with Gasteiger partial charge in [0, 0.05) is 11.3 Å². The van der Waals surface area contributed by atoms with Crippen molar-refractivity contribution in [2.45, 2.75) is 19.4 Å². The zero-order chi connectivity index (χ0) is 20.6. The van der Waals surface area contributed by atoms with Gasteiger partial charge in [-0.05, 0) is 55.3 Å². The standard InChI is InChI=1S/C24H22ClN3O/c1-24(2,29)23-15-22(28(27-23)21-9-4-3-8-20(21)25)17-12-10-16(11-13-17)18-6-5-7-19(26)14-18/h3-15,29H,26H2,1-2H3. The number of benzene rings is 3. The Kier molecular flexibility index (Phi) is 4.91. The fourth-order valence-electron chi connectivity index (χ4n) is 3.24. The third-order valence-electron chi connectivity index (χ3n) is 4.82. The maximum absolute atomic E-state index is 10.5. The van der Waals surface area contributed by atoms with Crippen molar-refractivity contribution in [3.05, 3.63) is 89.6 Å². The van der Waals surface area contributed by atoms with Crippen LogP contribution in [0, 0.1) is 0 Å². The molecule has 29 heavy (non-hydrogen) atoms. The van der Waals surface area contributed by atoms with Gasteiger partial charge in [0.2, 0.25) is 0 Å². The van der Waals surface area contributed by atoms with E-state index in [1.807, 2.05) is 66.7 Å². The lowest BCUT2D eigenvalue weighted by molar-refractivity contribution is 0.0734. The zero-order valence-electron chi connectivity index (χ0n) is 16.3. The number of nitrogen functional groups attached to an aromatic ring is 1. The molecule has 1 aromatic heterocycles. The Morgan fingerprint density at radius 1 is 0.862 bits per heavy atom. The van der Waals surface area contributed by atoms with Gasteiger partial charge < -0.3 is 10.8 Å². The Labute approximate surface area is 175 Å². The van der Waals surface area contributed by atoms with Crippen LogP contribution in [0.15, 0.2) is 78.9 Å². The first-order valence-corrected chi connectivity index (χ1v) is 9.75. The molecule has 3 N–H and O–H groups in total. The summed E-state index contributed by atoms with van der Waals surface area (Å²) in [6, 6.07) is 25.4. The Morgan fingerprint density at radius 3 is 2.21 bits per heavy atom. The first-order chi connectivity index (χ1) is 13.8. The number of aromatic nitrogens is 2. The van der Waals surface area contributed by atoms with E-state index in [0.717, 1.165) is 33.8 Å². The van der Waals surface area contributed by atoms with E-state index in [4.69, 9.17) is 17.3 Å². The monoisotopic (exact) mass is 403 g/mol. The van der Waals surface area contributed by atoms with Crippen LogP contribution in [0.25, 0.3) is 28.1 Å². The van der Waals surface area contributed by atoms with Gasteiger partial charge in [-0.15, -0.1) is 0 Å². The number of nitrogens with zero attached hydrogens (tertiary/aromatic N) is 2. The second-order valence-corrected chi connectivity index (χ2v) is 7.95. The Bertz CT molecular complexity index is 1160. The molecule has 0 bridgehead atoms. The number of para-hydroxylation sites is 1. The van der Waals surface area contributed by atoms with Gasteiger partial charge in [0.25, 0.3) is 0 Å². The predicted molar refractivity (Wildman–Crippen MR) is 119 cm³/mol. The van der Waals surface area contributed by atoms with Crippen molar-refractivity contribution < 1.29 is 5.11 Å². The van der Waals surface area contributed by atoms with Crippen LogP contribution in [-0.2, 0) is 5.60 Å². The number of nitrogens with two attached hydrogens (primary N) is 1. The zero-order valence-corrected chi connectivity index (χ0v) is 17.1. The molecule has 0 atom stereocenters. The topological polar surface area (TPSA) is 64.1 Å². The molecule has 0 spiro atoms. The smallest absolute Gasteiger partial charge is 0.103 e. The first kappa shape index (κ1) is 19.2. The number of hydrogen-bond acceptors (Lipinski definition) is 3. The molecule has 4 aromatic rings. The summed E-state index contributed by atoms with van der Waals surface area (Å²) in [4.78, 5) is 0. The number of anilines is 1. The molecule has 0 amide bonds. The highest BCUT2D eigenvalue weighted by Crippen LogP contribution is 2.32. The summed E-state index contributed by atoms with van der Waals surface area (Å²) >= 11 is 6.43. The summed E-state index contributed by atoms with van der Waals surface area (Å²) in [5.74, 6) is 0. The molecule has 0 saturated heterocycles. The molecule has 0 unspecified atom stereocenters. The van der Waals surface area contributed by atoms with Crippen LogP contribution < -0.4 is 5.73 Å². The van der Waals surface area contributed by atoms with E-state index < -0.39 is 5.60 Å². The van der Waals surface area contributed by atoms with Crippen LogP contribution in [0.5, 0.6) is 0 Å². The summed E-state index contributed by atoms with van der Waals surface area (Å²) in [6.07, 6.45) is 0. The molecule has 146 valence electrons. The molecular formula is C24H22ClN3O. The predicted octanol–water partition coefficient (Wildman–Crippen LogP) is 5.67. The van der Waals surface area contributed by atoms with Crippen molar-refractivity contribution in [1.29, 1.82) is 0 Å². The van der Waals surface area contributed by atoms with Crippen molar-refractivity contribution in [2.24, 2.45) is 0 Å². The van der Waals surface area contributed by atoms with Crippen molar-refractivity contribution in [1.82, 2.24) is 9.78 Å². The first-order valence-electron chi connectivity index (χ1n) is 9.37. The molecule has 0 fully saturated rings. The van der Waals surface area contributed by atoms with E-state index in [0.29, 0.717) is 10.7 Å². The van der Waals surface area contributed by atoms with Crippen LogP contribution in [0.1, 0.15) is 19.5 Å². The van der Waals surface area contributed by atoms with Crippen molar-refractivity contribution >= 4 is 17.3 Å². The van der Waals surface area contributed by atoms with E-state index in [1.165, 1.54) is 0 Å². The maximum atomic E-state index is 10.5. The van der Waals surface area contributed by atoms with Gasteiger partial charge in [-0.1, -0.05) is 60.1 Å².